The first-order valence-corrected chi connectivity index (χ1v) is 6.94. The van der Waals surface area contributed by atoms with Crippen LogP contribution in [0, 0.1) is 0 Å². The van der Waals surface area contributed by atoms with Crippen molar-refractivity contribution in [3.8, 4) is 0 Å². The Labute approximate surface area is 180 Å². The fraction of sp³-hybridized carbons (Fsp3) is 0.400. The standard InChI is InChI=1S/C5H10N2O7P2.3Na.H2O/c8-5(15(9,10)11,16(12,13)14)3-7-2-1-6-4-7;;;;/h1-2,4,8H,3H2,(H2,9,10,11)(H2,12,13,14);;;;1H2/q;3*+1;/p-3. The molecule has 0 fully saturated rings. The zero-order chi connectivity index (χ0) is 12.6. The topological polar surface area (TPSA) is 193 Å². The first-order chi connectivity index (χ1) is 7.08. The fourth-order valence-corrected chi connectivity index (χ4v) is 2.87. The molecule has 0 aliphatic heterocycles. The van der Waals surface area contributed by atoms with Crippen molar-refractivity contribution in [2.75, 3.05) is 0 Å². The Morgan fingerprint density at radius 1 is 1.20 bits per heavy atom. The summed E-state index contributed by atoms with van der Waals surface area (Å²) in [5, 5.41) is 5.52. The molecule has 15 heteroatoms. The number of aliphatic hydroxyl groups is 1. The molecule has 0 radical (unpaired) electrons. The molecule has 1 rings (SSSR count). The van der Waals surface area contributed by atoms with E-state index in [1.165, 1.54) is 6.20 Å². The number of hydrogen-bond donors (Lipinski definition) is 2. The second-order valence-corrected chi connectivity index (χ2v) is 6.90. The van der Waals surface area contributed by atoms with Crippen LogP contribution in [0.2, 0.25) is 0 Å². The number of aromatic nitrogens is 2. The van der Waals surface area contributed by atoms with Gasteiger partial charge in [0.2, 0.25) is 0 Å². The van der Waals surface area contributed by atoms with E-state index in [1.807, 2.05) is 0 Å². The summed E-state index contributed by atoms with van der Waals surface area (Å²) in [6, 6.07) is 0. The maximum atomic E-state index is 10.8. The number of rotatable bonds is 4. The third kappa shape index (κ3) is 7.33. The molecule has 10 nitrogen and oxygen atoms in total. The Bertz CT molecular complexity index is 437. The van der Waals surface area contributed by atoms with Crippen molar-refractivity contribution in [3.05, 3.63) is 18.7 Å². The van der Waals surface area contributed by atoms with E-state index in [1.54, 1.807) is 0 Å². The maximum absolute atomic E-state index is 10.8. The predicted molar refractivity (Wildman–Crippen MR) is 48.2 cm³/mol. The van der Waals surface area contributed by atoms with Crippen molar-refractivity contribution >= 4 is 15.2 Å². The molecule has 2 atom stereocenters. The molecule has 0 aliphatic carbocycles. The van der Waals surface area contributed by atoms with E-state index in [4.69, 9.17) is 4.89 Å². The van der Waals surface area contributed by atoms with Crippen molar-refractivity contribution in [2.24, 2.45) is 0 Å². The summed E-state index contributed by atoms with van der Waals surface area (Å²) in [7, 11) is -11.8. The fourth-order valence-electron chi connectivity index (χ4n) is 0.956. The number of imidazole rings is 1. The minimum Gasteiger partial charge on any atom is -0.808 e. The van der Waals surface area contributed by atoms with Crippen LogP contribution in [0.25, 0.3) is 0 Å². The SMILES string of the molecule is O.O=P([O-])([O-])C(O)(Cn1ccnc1)P(=O)([O-])O.[Na+].[Na+].[Na+]. The minimum absolute atomic E-state index is 0. The molecule has 100 valence electrons. The van der Waals surface area contributed by atoms with Crippen molar-refractivity contribution in [2.45, 2.75) is 11.6 Å². The second-order valence-electron chi connectivity index (χ2n) is 3.03. The molecule has 0 bridgehead atoms. The first-order valence-electron chi connectivity index (χ1n) is 3.82. The Hall–Kier alpha value is 2.43. The third-order valence-electron chi connectivity index (χ3n) is 1.85. The van der Waals surface area contributed by atoms with Crippen LogP contribution >= 0.6 is 15.2 Å². The van der Waals surface area contributed by atoms with E-state index < -0.39 is 26.8 Å². The third-order valence-corrected chi connectivity index (χ3v) is 5.40. The van der Waals surface area contributed by atoms with Gasteiger partial charge in [-0.1, -0.05) is 0 Å². The summed E-state index contributed by atoms with van der Waals surface area (Å²) in [4.78, 5) is 44.2. The molecule has 1 aromatic rings. The quantitative estimate of drug-likeness (QED) is 0.392. The molecule has 0 spiro atoms. The Morgan fingerprint density at radius 2 is 1.65 bits per heavy atom. The van der Waals surface area contributed by atoms with Gasteiger partial charge in [-0.2, -0.15) is 0 Å². The summed E-state index contributed by atoms with van der Waals surface area (Å²) in [6.45, 7) is -1.14. The van der Waals surface area contributed by atoms with Crippen molar-refractivity contribution < 1.29 is 128 Å². The van der Waals surface area contributed by atoms with Crippen molar-refractivity contribution in [3.63, 3.8) is 0 Å². The van der Waals surface area contributed by atoms with E-state index >= 15 is 0 Å². The Kier molecular flexibility index (Phi) is 16.8. The van der Waals surface area contributed by atoms with Gasteiger partial charge in [-0.3, -0.25) is 0 Å². The van der Waals surface area contributed by atoms with Gasteiger partial charge in [0.05, 0.1) is 12.9 Å². The summed E-state index contributed by atoms with van der Waals surface area (Å²) in [5.41, 5.74) is 0. The molecule has 1 heterocycles. The van der Waals surface area contributed by atoms with Gasteiger partial charge in [0.15, 0.2) is 12.7 Å². The molecule has 0 aliphatic rings. The van der Waals surface area contributed by atoms with Crippen LogP contribution in [0.4, 0.5) is 0 Å². The number of nitrogens with zero attached hydrogens (tertiary/aromatic N) is 2. The maximum Gasteiger partial charge on any atom is 1.00 e. The molecule has 0 saturated carbocycles. The Balaban J connectivity index is -0.000000320. The van der Waals surface area contributed by atoms with Gasteiger partial charge in [0.25, 0.3) is 0 Å². The largest absolute Gasteiger partial charge is 1.00 e. The van der Waals surface area contributed by atoms with Crippen LogP contribution in [0.1, 0.15) is 0 Å². The smallest absolute Gasteiger partial charge is 0.808 e. The van der Waals surface area contributed by atoms with Gasteiger partial charge in [-0.25, -0.2) is 4.98 Å². The zero-order valence-corrected chi connectivity index (χ0v) is 19.0. The molecular weight excluding hydrogens is 347 g/mol. The summed E-state index contributed by atoms with van der Waals surface area (Å²) >= 11 is 0. The average molecular weight is 356 g/mol. The van der Waals surface area contributed by atoms with Crippen LogP contribution in [0.3, 0.4) is 0 Å². The van der Waals surface area contributed by atoms with Gasteiger partial charge in [-0.15, -0.1) is 0 Å². The van der Waals surface area contributed by atoms with Gasteiger partial charge in [-0.05, 0) is 7.60 Å². The predicted octanol–water partition coefficient (Wildman–Crippen LogP) is -12.8. The second kappa shape index (κ2) is 11.1. The molecule has 0 amide bonds. The summed E-state index contributed by atoms with van der Waals surface area (Å²) in [6.07, 6.45) is 3.28. The van der Waals surface area contributed by atoms with Crippen molar-refractivity contribution in [1.82, 2.24) is 9.55 Å². The van der Waals surface area contributed by atoms with E-state index in [-0.39, 0.29) is 94.1 Å². The molecule has 4 N–H and O–H groups in total. The Morgan fingerprint density at radius 3 is 1.90 bits per heavy atom. The van der Waals surface area contributed by atoms with Crippen LogP contribution < -0.4 is 103 Å². The minimum atomic E-state index is -5.97. The molecule has 0 saturated heterocycles. The average Bonchev–Trinajstić information content (AvgIpc) is 2.52. The molecule has 1 aromatic heterocycles. The van der Waals surface area contributed by atoms with Gasteiger partial charge < -0.3 is 43.9 Å². The first kappa shape index (κ1) is 30.3. The van der Waals surface area contributed by atoms with Crippen LogP contribution in [0.15, 0.2) is 18.7 Å². The van der Waals surface area contributed by atoms with E-state index in [2.05, 4.69) is 4.98 Å². The zero-order valence-electron chi connectivity index (χ0n) is 11.2. The molecule has 0 aromatic carbocycles. The van der Waals surface area contributed by atoms with E-state index in [9.17, 15) is 28.9 Å². The van der Waals surface area contributed by atoms with Crippen LogP contribution in [0.5, 0.6) is 0 Å². The normalized spacial score (nSPS) is 16.1. The van der Waals surface area contributed by atoms with Crippen LogP contribution in [-0.2, 0) is 15.7 Å². The van der Waals surface area contributed by atoms with Gasteiger partial charge >= 0.3 is 88.7 Å². The van der Waals surface area contributed by atoms with E-state index in [0.29, 0.717) is 0 Å². The number of hydrogen-bond acceptors (Lipinski definition) is 7. The van der Waals surface area contributed by atoms with Crippen molar-refractivity contribution in [1.29, 1.82) is 0 Å². The van der Waals surface area contributed by atoms with Gasteiger partial charge in [0, 0.05) is 12.4 Å². The monoisotopic (exact) mass is 356 g/mol. The molecular formula is C5H9N2Na3O8P2. The molecule has 2 unspecified atom stereocenters. The summed E-state index contributed by atoms with van der Waals surface area (Å²) in [5.74, 6) is 0. The van der Waals surface area contributed by atoms with Gasteiger partial charge in [0.1, 0.15) is 0 Å². The van der Waals surface area contributed by atoms with Crippen LogP contribution in [-0.4, -0.2) is 30.1 Å². The van der Waals surface area contributed by atoms with E-state index in [0.717, 1.165) is 17.1 Å². The summed E-state index contributed by atoms with van der Waals surface area (Å²) < 4.78 is 22.3. The molecule has 20 heavy (non-hydrogen) atoms.